The maximum Gasteiger partial charge on any atom is 0.275 e. The summed E-state index contributed by atoms with van der Waals surface area (Å²) in [6, 6.07) is 2.26. The second kappa shape index (κ2) is 8.79. The van der Waals surface area contributed by atoms with E-state index in [1.807, 2.05) is 17.6 Å². The summed E-state index contributed by atoms with van der Waals surface area (Å²) in [5.74, 6) is 2.18. The molecule has 2 saturated carbocycles. The molecule has 7 rings (SSSR count). The average Bonchev–Trinajstić information content (AvgIpc) is 3.79. The molecule has 2 N–H and O–H groups in total. The first-order chi connectivity index (χ1) is 17.7. The second-order valence-electron chi connectivity index (χ2n) is 9.42. The van der Waals surface area contributed by atoms with Crippen LogP contribution in [0.3, 0.4) is 0 Å². The van der Waals surface area contributed by atoms with Gasteiger partial charge in [-0.05, 0) is 31.7 Å². The molecule has 4 aromatic heterocycles. The summed E-state index contributed by atoms with van der Waals surface area (Å²) in [5.41, 5.74) is 3.19. The smallest absolute Gasteiger partial charge is 0.275 e. The van der Waals surface area contributed by atoms with Crippen molar-refractivity contribution >= 4 is 28.7 Å². The molecule has 0 atom stereocenters. The van der Waals surface area contributed by atoms with Gasteiger partial charge in [0.25, 0.3) is 5.91 Å². The molecule has 0 unspecified atom stereocenters. The number of carbonyl (C=O) groups excluding carboxylic acids is 1. The third kappa shape index (κ3) is 4.16. The predicted octanol–water partition coefficient (Wildman–Crippen LogP) is 3.49. The topological polar surface area (TPSA) is 127 Å². The summed E-state index contributed by atoms with van der Waals surface area (Å²) in [5, 5.41) is 13.7. The monoisotopic (exact) mass is 503 g/mol. The highest BCUT2D eigenvalue weighted by Crippen LogP contribution is 2.41. The average molecular weight is 504 g/mol. The van der Waals surface area contributed by atoms with Gasteiger partial charge in [-0.2, -0.15) is 0 Å². The Labute approximate surface area is 211 Å². The summed E-state index contributed by atoms with van der Waals surface area (Å²) >= 11 is 1.43. The van der Waals surface area contributed by atoms with Crippen molar-refractivity contribution < 1.29 is 9.53 Å². The van der Waals surface area contributed by atoms with Crippen molar-refractivity contribution in [3.05, 3.63) is 41.6 Å². The number of imidazole rings is 1. The number of hydrogen-bond donors (Lipinski definition) is 2. The molecule has 12 heteroatoms. The lowest BCUT2D eigenvalue weighted by molar-refractivity contribution is 0.102. The number of thiazole rings is 1. The summed E-state index contributed by atoms with van der Waals surface area (Å²) in [6.45, 7) is 2.86. The van der Waals surface area contributed by atoms with Crippen molar-refractivity contribution in [1.82, 2.24) is 34.7 Å². The Hall–Kier alpha value is -3.64. The molecule has 0 radical (unpaired) electrons. The van der Waals surface area contributed by atoms with E-state index in [-0.39, 0.29) is 5.91 Å². The van der Waals surface area contributed by atoms with Crippen molar-refractivity contribution in [3.63, 3.8) is 0 Å². The van der Waals surface area contributed by atoms with Crippen LogP contribution in [-0.4, -0.2) is 66.9 Å². The van der Waals surface area contributed by atoms with Crippen molar-refractivity contribution in [2.75, 3.05) is 36.5 Å². The highest BCUT2D eigenvalue weighted by Gasteiger charge is 2.29. The van der Waals surface area contributed by atoms with E-state index in [1.54, 1.807) is 12.5 Å². The Bertz CT molecular complexity index is 1410. The van der Waals surface area contributed by atoms with Gasteiger partial charge in [0.1, 0.15) is 23.7 Å². The fraction of sp³-hybridized carbons (Fsp3) is 0.417. The molecule has 1 aliphatic heterocycles. The largest absolute Gasteiger partial charge is 0.378 e. The third-order valence-corrected chi connectivity index (χ3v) is 7.60. The fourth-order valence-corrected chi connectivity index (χ4v) is 5.25. The number of anilines is 2. The lowest BCUT2D eigenvalue weighted by atomic mass is 10.1. The Morgan fingerprint density at radius 3 is 2.83 bits per heavy atom. The van der Waals surface area contributed by atoms with Crippen LogP contribution in [0, 0.1) is 0 Å². The number of amides is 1. The quantitative estimate of drug-likeness (QED) is 0.392. The zero-order valence-electron chi connectivity index (χ0n) is 19.6. The number of hydrogen-bond acceptors (Lipinski definition) is 9. The van der Waals surface area contributed by atoms with Crippen LogP contribution >= 0.6 is 11.3 Å². The molecule has 3 fully saturated rings. The molecule has 0 aromatic carbocycles. The van der Waals surface area contributed by atoms with E-state index < -0.39 is 0 Å². The number of pyridine rings is 1. The van der Waals surface area contributed by atoms with Gasteiger partial charge in [0.15, 0.2) is 10.8 Å². The van der Waals surface area contributed by atoms with E-state index in [1.165, 1.54) is 24.2 Å². The van der Waals surface area contributed by atoms with Crippen LogP contribution in [0.5, 0.6) is 0 Å². The number of aromatic amines is 1. The molecule has 36 heavy (non-hydrogen) atoms. The molecular weight excluding hydrogens is 478 g/mol. The Morgan fingerprint density at radius 2 is 2.03 bits per heavy atom. The van der Waals surface area contributed by atoms with Crippen LogP contribution < -0.4 is 10.2 Å². The van der Waals surface area contributed by atoms with E-state index in [0.29, 0.717) is 36.7 Å². The number of H-pyrrole nitrogens is 1. The molecule has 0 spiro atoms. The van der Waals surface area contributed by atoms with E-state index in [0.717, 1.165) is 59.5 Å². The molecule has 3 aliphatic rings. The van der Waals surface area contributed by atoms with Gasteiger partial charge in [0.05, 0.1) is 30.8 Å². The number of carbonyl (C=O) groups is 1. The number of rotatable bonds is 7. The molecule has 5 heterocycles. The lowest BCUT2D eigenvalue weighted by Crippen LogP contribution is -2.36. The van der Waals surface area contributed by atoms with Crippen LogP contribution in [0.2, 0.25) is 0 Å². The molecule has 1 saturated heterocycles. The lowest BCUT2D eigenvalue weighted by Gasteiger charge is -2.30. The number of aromatic nitrogens is 7. The first-order valence-corrected chi connectivity index (χ1v) is 13.2. The van der Waals surface area contributed by atoms with E-state index in [4.69, 9.17) is 9.72 Å². The molecule has 2 aliphatic carbocycles. The zero-order valence-corrected chi connectivity index (χ0v) is 20.4. The highest BCUT2D eigenvalue weighted by atomic mass is 32.1. The molecular formula is C24H25N9O2S. The Kier molecular flexibility index (Phi) is 5.28. The SMILES string of the molecule is O=C(Nc1csc(-c2nncn2C2CC2)n1)c1cc(-c2nc(C3CC3)c[nH]2)c(N2CCOCC2)cn1. The number of nitrogens with zero attached hydrogens (tertiary/aromatic N) is 7. The second-order valence-corrected chi connectivity index (χ2v) is 10.3. The minimum Gasteiger partial charge on any atom is -0.378 e. The van der Waals surface area contributed by atoms with Gasteiger partial charge in [0.2, 0.25) is 0 Å². The zero-order chi connectivity index (χ0) is 24.1. The summed E-state index contributed by atoms with van der Waals surface area (Å²) < 4.78 is 7.58. The van der Waals surface area contributed by atoms with Gasteiger partial charge in [-0.25, -0.2) is 15.0 Å². The van der Waals surface area contributed by atoms with Gasteiger partial charge in [-0.1, -0.05) is 0 Å². The van der Waals surface area contributed by atoms with E-state index in [9.17, 15) is 4.79 Å². The third-order valence-electron chi connectivity index (χ3n) is 6.77. The van der Waals surface area contributed by atoms with Crippen molar-refractivity contribution in [1.29, 1.82) is 0 Å². The minimum absolute atomic E-state index is 0.307. The molecule has 184 valence electrons. The standard InChI is InChI=1S/C24H25N9O2S/c34-23(29-20-12-36-24(30-20)22-31-27-13-33(22)15-3-4-15)17-9-16(21-26-10-18(28-21)14-1-2-14)19(11-25-17)32-5-7-35-8-6-32/h9-15H,1-8H2,(H,26,28)(H,29,34). The summed E-state index contributed by atoms with van der Waals surface area (Å²) in [4.78, 5) is 32.7. The Balaban J connectivity index is 1.16. The van der Waals surface area contributed by atoms with Crippen LogP contribution in [0.4, 0.5) is 11.5 Å². The van der Waals surface area contributed by atoms with Crippen LogP contribution in [-0.2, 0) is 4.74 Å². The van der Waals surface area contributed by atoms with Crippen molar-refractivity contribution in [2.45, 2.75) is 37.6 Å². The van der Waals surface area contributed by atoms with Crippen LogP contribution in [0.25, 0.3) is 22.2 Å². The first-order valence-electron chi connectivity index (χ1n) is 12.3. The van der Waals surface area contributed by atoms with Gasteiger partial charge in [-0.15, -0.1) is 21.5 Å². The number of nitrogens with one attached hydrogen (secondary N) is 2. The number of ether oxygens (including phenoxy) is 1. The summed E-state index contributed by atoms with van der Waals surface area (Å²) in [7, 11) is 0. The van der Waals surface area contributed by atoms with Crippen molar-refractivity contribution in [3.8, 4) is 22.2 Å². The maximum atomic E-state index is 13.2. The van der Waals surface area contributed by atoms with Gasteiger partial charge in [-0.3, -0.25) is 4.79 Å². The molecule has 11 nitrogen and oxygen atoms in total. The first kappa shape index (κ1) is 21.6. The van der Waals surface area contributed by atoms with Crippen LogP contribution in [0.15, 0.2) is 30.2 Å². The van der Waals surface area contributed by atoms with Crippen molar-refractivity contribution in [2.24, 2.45) is 0 Å². The summed E-state index contributed by atoms with van der Waals surface area (Å²) in [6.07, 6.45) is 10.1. The van der Waals surface area contributed by atoms with Crippen LogP contribution in [0.1, 0.15) is 53.8 Å². The predicted molar refractivity (Wildman–Crippen MR) is 134 cm³/mol. The Morgan fingerprint density at radius 1 is 1.17 bits per heavy atom. The minimum atomic E-state index is -0.320. The highest BCUT2D eigenvalue weighted by molar-refractivity contribution is 7.13. The molecule has 0 bridgehead atoms. The number of morpholine rings is 1. The van der Waals surface area contributed by atoms with Gasteiger partial charge < -0.3 is 24.5 Å². The van der Waals surface area contributed by atoms with Gasteiger partial charge in [0, 0.05) is 42.2 Å². The normalized spacial score (nSPS) is 17.9. The fourth-order valence-electron chi connectivity index (χ4n) is 4.51. The van der Waals surface area contributed by atoms with E-state index in [2.05, 4.69) is 39.9 Å². The molecule has 4 aromatic rings. The van der Waals surface area contributed by atoms with E-state index >= 15 is 0 Å². The molecule has 1 amide bonds. The van der Waals surface area contributed by atoms with Gasteiger partial charge >= 0.3 is 0 Å². The maximum absolute atomic E-state index is 13.2.